The van der Waals surface area contributed by atoms with E-state index in [0.717, 1.165) is 11.1 Å². The van der Waals surface area contributed by atoms with Crippen LogP contribution in [0.15, 0.2) is 36.4 Å². The number of aromatic hydroxyl groups is 1. The molecule has 2 aromatic carbocycles. The molecule has 10 nitrogen and oxygen atoms in total. The average Bonchev–Trinajstić information content (AvgIpc) is 2.81. The largest absolute Gasteiger partial charge is 0.508 e. The monoisotopic (exact) mass is 672 g/mol. The number of methoxy groups -OCH3 is 2. The molecule has 0 fully saturated rings. The third-order valence-electron chi connectivity index (χ3n) is 3.89. The second-order valence-corrected chi connectivity index (χ2v) is 6.43. The van der Waals surface area contributed by atoms with Crippen LogP contribution in [-0.2, 0) is 75.1 Å². The first-order valence-corrected chi connectivity index (χ1v) is 9.82. The summed E-state index contributed by atoms with van der Waals surface area (Å²) >= 11 is 0. The van der Waals surface area contributed by atoms with Crippen LogP contribution in [-0.4, -0.2) is 67.2 Å². The van der Waals surface area contributed by atoms with Gasteiger partial charge in [0.25, 0.3) is 0 Å². The van der Waals surface area contributed by atoms with Crippen molar-refractivity contribution in [3.05, 3.63) is 58.7 Å². The summed E-state index contributed by atoms with van der Waals surface area (Å²) in [5.74, 6) is -1.66. The minimum atomic E-state index is -0.869. The summed E-state index contributed by atoms with van der Waals surface area (Å²) in [5.41, 5.74) is 3.53. The van der Waals surface area contributed by atoms with E-state index in [1.807, 2.05) is 6.07 Å². The molecule has 189 valence electrons. The van der Waals surface area contributed by atoms with Crippen molar-refractivity contribution in [1.82, 2.24) is 0 Å². The smallest absolute Gasteiger partial charge is 0.236 e. The summed E-state index contributed by atoms with van der Waals surface area (Å²) in [6.07, 6.45) is 0.805. The molecule has 0 unspecified atom stereocenters. The fourth-order valence-electron chi connectivity index (χ4n) is 2.54. The number of hydrogen-bond acceptors (Lipinski definition) is 9. The van der Waals surface area contributed by atoms with Gasteiger partial charge < -0.3 is 34.2 Å². The second-order valence-electron chi connectivity index (χ2n) is 6.43. The van der Waals surface area contributed by atoms with Gasteiger partial charge in [-0.05, 0) is 35.4 Å². The molecular formula is C22H24B3IrNO9. The number of anilines is 1. The number of amides is 1. The van der Waals surface area contributed by atoms with Crippen molar-refractivity contribution < 1.29 is 63.3 Å². The SMILES string of the molecule is [B]C(=O)OCc1cc(COC)ccc1NC=O.[B]C(=O)OCc1cc(COC)ccc1O.[B]C=O.[Ir]. The Balaban J connectivity index is 0. The van der Waals surface area contributed by atoms with Gasteiger partial charge in [0, 0.05) is 51.1 Å². The van der Waals surface area contributed by atoms with Crippen LogP contribution < -0.4 is 5.32 Å². The van der Waals surface area contributed by atoms with Crippen LogP contribution in [0.4, 0.5) is 15.3 Å². The maximum absolute atomic E-state index is 10.5. The van der Waals surface area contributed by atoms with Crippen molar-refractivity contribution >= 4 is 53.6 Å². The molecule has 1 amide bonds. The van der Waals surface area contributed by atoms with Gasteiger partial charge in [0.05, 0.1) is 19.4 Å². The Bertz CT molecular complexity index is 964. The minimum Gasteiger partial charge on any atom is -0.508 e. The van der Waals surface area contributed by atoms with Gasteiger partial charge in [0.1, 0.15) is 19.0 Å². The molecule has 0 heterocycles. The molecule has 0 aromatic heterocycles. The summed E-state index contributed by atoms with van der Waals surface area (Å²) < 4.78 is 19.2. The van der Waals surface area contributed by atoms with Gasteiger partial charge in [-0.2, -0.15) is 0 Å². The molecule has 0 aliphatic heterocycles. The van der Waals surface area contributed by atoms with E-state index < -0.39 is 11.7 Å². The van der Waals surface area contributed by atoms with Crippen molar-refractivity contribution in [3.8, 4) is 5.75 Å². The Morgan fingerprint density at radius 2 is 1.31 bits per heavy atom. The molecule has 0 bridgehead atoms. The van der Waals surface area contributed by atoms with Crippen LogP contribution in [0, 0.1) is 0 Å². The molecule has 0 aliphatic rings. The van der Waals surface area contributed by atoms with E-state index in [0.29, 0.717) is 36.4 Å². The standard InChI is InChI=1S/C11H12BNO4.C10H11BO4.CHBO.Ir/c1-16-5-8-2-3-10(13-7-14)9(4-8)6-17-11(12)15;1-14-5-7-2-3-9(12)8(4-7)6-15-10(11)13;2-1-3;/h2-4,7H,5-6H2,1H3,(H,13,14);2-4,12H,5-6H2,1H3;1H;. The zero-order valence-electron chi connectivity index (χ0n) is 19.7. The van der Waals surface area contributed by atoms with E-state index in [1.54, 1.807) is 38.5 Å². The predicted octanol–water partition coefficient (Wildman–Crippen LogP) is 1.89. The number of phenols is 1. The topological polar surface area (TPSA) is 137 Å². The van der Waals surface area contributed by atoms with E-state index in [9.17, 15) is 19.5 Å². The third kappa shape index (κ3) is 15.9. The zero-order chi connectivity index (χ0) is 26.6. The van der Waals surface area contributed by atoms with Gasteiger partial charge in [0.2, 0.25) is 33.8 Å². The molecule has 0 saturated heterocycles. The molecule has 0 saturated carbocycles. The number of carbonyl (C=O) groups is 4. The molecule has 0 aliphatic carbocycles. The third-order valence-corrected chi connectivity index (χ3v) is 3.89. The first-order chi connectivity index (χ1) is 16.7. The zero-order valence-corrected chi connectivity index (χ0v) is 22.1. The normalized spacial score (nSPS) is 9.06. The van der Waals surface area contributed by atoms with Gasteiger partial charge in [-0.1, -0.05) is 12.1 Å². The van der Waals surface area contributed by atoms with Crippen molar-refractivity contribution in [1.29, 1.82) is 0 Å². The average molecular weight is 671 g/mol. The summed E-state index contributed by atoms with van der Waals surface area (Å²) in [6, 6.07) is 10.2. The van der Waals surface area contributed by atoms with Gasteiger partial charge in [-0.3, -0.25) is 14.4 Å². The van der Waals surface area contributed by atoms with Crippen molar-refractivity contribution in [3.63, 3.8) is 0 Å². The number of hydrogen-bond donors (Lipinski definition) is 2. The molecule has 2 rings (SSSR count). The Labute approximate surface area is 227 Å². The van der Waals surface area contributed by atoms with Gasteiger partial charge in [-0.15, -0.1) is 0 Å². The van der Waals surface area contributed by atoms with Crippen molar-refractivity contribution in [2.45, 2.75) is 26.4 Å². The Hall–Kier alpha value is -2.92. The fraction of sp³-hybridized carbons (Fsp3) is 0.273. The van der Waals surface area contributed by atoms with Gasteiger partial charge in [0.15, 0.2) is 7.85 Å². The summed E-state index contributed by atoms with van der Waals surface area (Å²) in [4.78, 5) is 39.9. The first kappa shape index (κ1) is 35.2. The molecule has 2 aromatic rings. The predicted molar refractivity (Wildman–Crippen MR) is 130 cm³/mol. The quantitative estimate of drug-likeness (QED) is 0.287. The number of carbonyl (C=O) groups excluding carboxylic acids is 4. The van der Waals surface area contributed by atoms with E-state index >= 15 is 0 Å². The number of nitrogens with one attached hydrogen (secondary N) is 1. The van der Waals surface area contributed by atoms with Crippen LogP contribution in [0.5, 0.6) is 5.75 Å². The van der Waals surface area contributed by atoms with E-state index in [1.165, 1.54) is 6.07 Å². The second kappa shape index (κ2) is 21.4. The Morgan fingerprint density at radius 3 is 1.75 bits per heavy atom. The van der Waals surface area contributed by atoms with Crippen LogP contribution in [0.25, 0.3) is 0 Å². The minimum absolute atomic E-state index is 0. The Kier molecular flexibility index (Phi) is 20.9. The van der Waals surface area contributed by atoms with Gasteiger partial charge in [-0.25, -0.2) is 0 Å². The summed E-state index contributed by atoms with van der Waals surface area (Å²) in [7, 11) is 17.0. The maximum atomic E-state index is 10.5. The molecule has 7 radical (unpaired) electrons. The molecule has 36 heavy (non-hydrogen) atoms. The van der Waals surface area contributed by atoms with E-state index in [2.05, 4.69) is 17.9 Å². The van der Waals surface area contributed by atoms with Crippen LogP contribution in [0.2, 0.25) is 0 Å². The van der Waals surface area contributed by atoms with Crippen LogP contribution in [0.1, 0.15) is 22.3 Å². The van der Waals surface area contributed by atoms with Crippen molar-refractivity contribution in [2.24, 2.45) is 0 Å². The molecular weight excluding hydrogens is 647 g/mol. The molecule has 2 N–H and O–H groups in total. The molecule has 0 spiro atoms. The summed E-state index contributed by atoms with van der Waals surface area (Å²) in [5, 5.41) is 12.0. The first-order valence-electron chi connectivity index (χ1n) is 9.82. The van der Waals surface area contributed by atoms with E-state index in [-0.39, 0.29) is 45.3 Å². The van der Waals surface area contributed by atoms with Crippen LogP contribution in [0.3, 0.4) is 0 Å². The molecule has 14 heteroatoms. The van der Waals surface area contributed by atoms with E-state index in [4.69, 9.17) is 34.7 Å². The number of ether oxygens (including phenoxy) is 4. The summed E-state index contributed by atoms with van der Waals surface area (Å²) in [6.45, 7) is 0.830. The van der Waals surface area contributed by atoms with Crippen molar-refractivity contribution in [2.75, 3.05) is 19.5 Å². The number of benzene rings is 2. The van der Waals surface area contributed by atoms with Gasteiger partial charge >= 0.3 is 0 Å². The maximum Gasteiger partial charge on any atom is 0.236 e. The Morgan fingerprint density at radius 1 is 0.861 bits per heavy atom. The fourth-order valence-corrected chi connectivity index (χ4v) is 2.54. The number of rotatable bonds is 10. The molecule has 0 atom stereocenters. The van der Waals surface area contributed by atoms with Crippen LogP contribution >= 0.6 is 0 Å². The number of phenolic OH excluding ortho intramolecular Hbond substituents is 1.